The van der Waals surface area contributed by atoms with Gasteiger partial charge in [0, 0.05) is 22.3 Å². The van der Waals surface area contributed by atoms with Crippen LogP contribution in [-0.4, -0.2) is 15.3 Å². The Bertz CT molecular complexity index is 809. The molecule has 0 radical (unpaired) electrons. The first kappa shape index (κ1) is 13.4. The number of imidazole rings is 1. The maximum absolute atomic E-state index is 12.4. The van der Waals surface area contributed by atoms with Crippen molar-refractivity contribution in [1.29, 1.82) is 0 Å². The lowest BCUT2D eigenvalue weighted by Gasteiger charge is -2.09. The molecule has 3 aromatic rings. The van der Waals surface area contributed by atoms with Crippen molar-refractivity contribution in [2.45, 2.75) is 6.92 Å². The minimum absolute atomic E-state index is 0.189. The lowest BCUT2D eigenvalue weighted by molar-refractivity contribution is 0.102. The van der Waals surface area contributed by atoms with Gasteiger partial charge in [-0.2, -0.15) is 0 Å². The Morgan fingerprint density at radius 3 is 3.00 bits per heavy atom. The fraction of sp³-hybridized carbons (Fsp3) is 0.0769. The van der Waals surface area contributed by atoms with E-state index in [0.29, 0.717) is 21.4 Å². The Morgan fingerprint density at radius 1 is 1.40 bits per heavy atom. The van der Waals surface area contributed by atoms with Crippen LogP contribution >= 0.6 is 34.5 Å². The van der Waals surface area contributed by atoms with Crippen LogP contribution in [0.1, 0.15) is 16.1 Å². The fourth-order valence-corrected chi connectivity index (χ4v) is 3.08. The summed E-state index contributed by atoms with van der Waals surface area (Å²) in [5.41, 5.74) is 1.79. The maximum atomic E-state index is 12.4. The molecule has 0 bridgehead atoms. The first-order valence-electron chi connectivity index (χ1n) is 5.75. The summed E-state index contributed by atoms with van der Waals surface area (Å²) in [5, 5.41) is 5.45. The molecule has 20 heavy (non-hydrogen) atoms. The highest BCUT2D eigenvalue weighted by molar-refractivity contribution is 7.15. The SMILES string of the molecule is Cc1c(Cl)cccc1NC(=O)c1c(Cl)nc2sccn12. The fourth-order valence-electron chi connectivity index (χ4n) is 1.89. The summed E-state index contributed by atoms with van der Waals surface area (Å²) in [6.07, 6.45) is 1.76. The number of nitrogens with zero attached hydrogens (tertiary/aromatic N) is 2. The van der Waals surface area contributed by atoms with Crippen molar-refractivity contribution < 1.29 is 4.79 Å². The highest BCUT2D eigenvalue weighted by Gasteiger charge is 2.19. The highest BCUT2D eigenvalue weighted by atomic mass is 35.5. The predicted octanol–water partition coefficient (Wildman–Crippen LogP) is 4.26. The van der Waals surface area contributed by atoms with E-state index in [1.54, 1.807) is 28.8 Å². The molecule has 1 N–H and O–H groups in total. The van der Waals surface area contributed by atoms with Crippen LogP contribution in [0.2, 0.25) is 10.2 Å². The van der Waals surface area contributed by atoms with Crippen LogP contribution in [0, 0.1) is 6.92 Å². The summed E-state index contributed by atoms with van der Waals surface area (Å²) in [7, 11) is 0. The maximum Gasteiger partial charge on any atom is 0.275 e. The summed E-state index contributed by atoms with van der Waals surface area (Å²) in [4.78, 5) is 17.2. The van der Waals surface area contributed by atoms with Crippen molar-refractivity contribution in [3.8, 4) is 0 Å². The van der Waals surface area contributed by atoms with E-state index < -0.39 is 0 Å². The molecule has 1 aromatic carbocycles. The van der Waals surface area contributed by atoms with Gasteiger partial charge in [0.25, 0.3) is 5.91 Å². The normalized spacial score (nSPS) is 10.9. The number of aromatic nitrogens is 2. The molecule has 0 unspecified atom stereocenters. The summed E-state index contributed by atoms with van der Waals surface area (Å²) in [6.45, 7) is 1.84. The molecule has 7 heteroatoms. The number of rotatable bonds is 2. The molecule has 2 heterocycles. The second-order valence-corrected chi connectivity index (χ2v) is 5.81. The molecule has 0 atom stereocenters. The van der Waals surface area contributed by atoms with Gasteiger partial charge in [-0.15, -0.1) is 11.3 Å². The number of amides is 1. The minimum Gasteiger partial charge on any atom is -0.320 e. The van der Waals surface area contributed by atoms with Gasteiger partial charge in [0.2, 0.25) is 0 Å². The number of hydrogen-bond acceptors (Lipinski definition) is 3. The van der Waals surface area contributed by atoms with E-state index in [2.05, 4.69) is 10.3 Å². The van der Waals surface area contributed by atoms with Crippen LogP contribution in [0.3, 0.4) is 0 Å². The van der Waals surface area contributed by atoms with Crippen molar-refractivity contribution in [1.82, 2.24) is 9.38 Å². The molecular weight excluding hydrogens is 317 g/mol. The van der Waals surface area contributed by atoms with Crippen LogP contribution in [0.25, 0.3) is 4.96 Å². The smallest absolute Gasteiger partial charge is 0.275 e. The van der Waals surface area contributed by atoms with Gasteiger partial charge in [-0.1, -0.05) is 29.3 Å². The molecule has 0 saturated carbocycles. The molecule has 0 fully saturated rings. The third-order valence-corrected chi connectivity index (χ3v) is 4.38. The van der Waals surface area contributed by atoms with Gasteiger partial charge in [0.1, 0.15) is 0 Å². The largest absolute Gasteiger partial charge is 0.320 e. The number of carbonyl (C=O) groups is 1. The number of carbonyl (C=O) groups excluding carboxylic acids is 1. The van der Waals surface area contributed by atoms with Crippen LogP contribution < -0.4 is 5.32 Å². The van der Waals surface area contributed by atoms with Gasteiger partial charge in [-0.25, -0.2) is 4.98 Å². The molecular formula is C13H9Cl2N3OS. The third-order valence-electron chi connectivity index (χ3n) is 2.95. The van der Waals surface area contributed by atoms with Crippen LogP contribution in [0.15, 0.2) is 29.8 Å². The first-order chi connectivity index (χ1) is 9.58. The zero-order valence-electron chi connectivity index (χ0n) is 10.4. The van der Waals surface area contributed by atoms with E-state index in [1.165, 1.54) is 11.3 Å². The van der Waals surface area contributed by atoms with Gasteiger partial charge in [-0.05, 0) is 24.6 Å². The van der Waals surface area contributed by atoms with Gasteiger partial charge < -0.3 is 5.32 Å². The van der Waals surface area contributed by atoms with Gasteiger partial charge in [0.15, 0.2) is 15.8 Å². The Kier molecular flexibility index (Phi) is 3.41. The Labute approximate surface area is 129 Å². The molecule has 0 saturated heterocycles. The minimum atomic E-state index is -0.314. The molecule has 3 rings (SSSR count). The highest BCUT2D eigenvalue weighted by Crippen LogP contribution is 2.26. The summed E-state index contributed by atoms with van der Waals surface area (Å²) in [6, 6.07) is 5.34. The van der Waals surface area contributed by atoms with Gasteiger partial charge in [0.05, 0.1) is 0 Å². The second-order valence-electron chi connectivity index (χ2n) is 4.17. The van der Waals surface area contributed by atoms with E-state index in [4.69, 9.17) is 23.2 Å². The molecule has 0 aliphatic rings. The number of benzene rings is 1. The zero-order valence-corrected chi connectivity index (χ0v) is 12.7. The summed E-state index contributed by atoms with van der Waals surface area (Å²) < 4.78 is 1.67. The molecule has 1 amide bonds. The Hall–Kier alpha value is -1.56. The second kappa shape index (κ2) is 5.09. The topological polar surface area (TPSA) is 46.4 Å². The molecule has 0 aliphatic heterocycles. The van der Waals surface area contributed by atoms with E-state index in [9.17, 15) is 4.79 Å². The van der Waals surface area contributed by atoms with Crippen molar-refractivity contribution in [2.75, 3.05) is 5.32 Å². The number of hydrogen-bond donors (Lipinski definition) is 1. The van der Waals surface area contributed by atoms with Gasteiger partial charge >= 0.3 is 0 Å². The summed E-state index contributed by atoms with van der Waals surface area (Å²) in [5.74, 6) is -0.314. The number of thiazole rings is 1. The third kappa shape index (κ3) is 2.18. The lowest BCUT2D eigenvalue weighted by atomic mass is 10.2. The quantitative estimate of drug-likeness (QED) is 0.765. The van der Waals surface area contributed by atoms with Gasteiger partial charge in [-0.3, -0.25) is 9.20 Å². The van der Waals surface area contributed by atoms with Crippen LogP contribution in [0.5, 0.6) is 0 Å². The number of nitrogens with one attached hydrogen (secondary N) is 1. The van der Waals surface area contributed by atoms with Crippen molar-refractivity contribution in [3.05, 3.63) is 51.2 Å². The van der Waals surface area contributed by atoms with Crippen LogP contribution in [0.4, 0.5) is 5.69 Å². The predicted molar refractivity (Wildman–Crippen MR) is 82.2 cm³/mol. The number of anilines is 1. The Morgan fingerprint density at radius 2 is 2.20 bits per heavy atom. The van der Waals surface area contributed by atoms with Crippen LogP contribution in [-0.2, 0) is 0 Å². The van der Waals surface area contributed by atoms with Crippen molar-refractivity contribution in [3.63, 3.8) is 0 Å². The van der Waals surface area contributed by atoms with E-state index in [-0.39, 0.29) is 11.1 Å². The monoisotopic (exact) mass is 325 g/mol. The average molecular weight is 326 g/mol. The molecule has 0 aliphatic carbocycles. The van der Waals surface area contributed by atoms with Crippen molar-refractivity contribution >= 4 is 51.1 Å². The molecule has 102 valence electrons. The average Bonchev–Trinajstić information content (AvgIpc) is 2.94. The zero-order chi connectivity index (χ0) is 14.3. The van der Waals surface area contributed by atoms with E-state index >= 15 is 0 Å². The molecule has 2 aromatic heterocycles. The van der Waals surface area contributed by atoms with E-state index in [1.807, 2.05) is 12.3 Å². The first-order valence-corrected chi connectivity index (χ1v) is 7.39. The molecule has 0 spiro atoms. The van der Waals surface area contributed by atoms with E-state index in [0.717, 1.165) is 5.56 Å². The lowest BCUT2D eigenvalue weighted by Crippen LogP contribution is -2.15. The summed E-state index contributed by atoms with van der Waals surface area (Å²) >= 11 is 13.5. The number of fused-ring (bicyclic) bond motifs is 1. The molecule has 4 nitrogen and oxygen atoms in total. The van der Waals surface area contributed by atoms with Crippen molar-refractivity contribution in [2.24, 2.45) is 0 Å². The Balaban J connectivity index is 1.99. The number of halogens is 2. The standard InChI is InChI=1S/C13H9Cl2N3OS/c1-7-8(14)3-2-4-9(7)16-12(19)10-11(15)17-13-18(10)5-6-20-13/h2-6H,1H3,(H,16,19).